The second kappa shape index (κ2) is 7.13. The number of hydrogen-bond donors (Lipinski definition) is 2. The smallest absolute Gasteiger partial charge is 0.261 e. The average molecular weight is 371 g/mol. The van der Waals surface area contributed by atoms with E-state index in [1.807, 2.05) is 13.8 Å². The van der Waals surface area contributed by atoms with Crippen LogP contribution in [0.1, 0.15) is 11.1 Å². The fourth-order valence-corrected chi connectivity index (χ4v) is 3.45. The molecule has 0 fully saturated rings. The van der Waals surface area contributed by atoms with Crippen molar-refractivity contribution in [2.24, 2.45) is 0 Å². The van der Waals surface area contributed by atoms with Crippen molar-refractivity contribution >= 4 is 27.2 Å². The van der Waals surface area contributed by atoms with E-state index in [4.69, 9.17) is 0 Å². The number of nitrogens with zero attached hydrogens (tertiary/aromatic N) is 1. The molecule has 3 aromatic rings. The van der Waals surface area contributed by atoms with Crippen molar-refractivity contribution in [1.82, 2.24) is 4.98 Å². The van der Waals surface area contributed by atoms with Crippen molar-refractivity contribution in [2.75, 3.05) is 10.0 Å². The predicted octanol–water partition coefficient (Wildman–Crippen LogP) is 4.38. The van der Waals surface area contributed by atoms with Crippen LogP contribution in [0.4, 0.5) is 21.6 Å². The summed E-state index contributed by atoms with van der Waals surface area (Å²) in [5.41, 5.74) is 2.54. The number of hydrogen-bond acceptors (Lipinski definition) is 4. The summed E-state index contributed by atoms with van der Waals surface area (Å²) >= 11 is 0. The number of aromatic nitrogens is 1. The van der Waals surface area contributed by atoms with Gasteiger partial charge < -0.3 is 5.32 Å². The summed E-state index contributed by atoms with van der Waals surface area (Å²) in [5.74, 6) is 0.0121. The molecule has 0 radical (unpaired) electrons. The molecule has 3 rings (SSSR count). The number of pyridine rings is 1. The van der Waals surface area contributed by atoms with Gasteiger partial charge in [-0.3, -0.25) is 4.72 Å². The molecule has 1 aromatic heterocycles. The van der Waals surface area contributed by atoms with Gasteiger partial charge in [-0.2, -0.15) is 0 Å². The van der Waals surface area contributed by atoms with Gasteiger partial charge in [-0.1, -0.05) is 18.2 Å². The first kappa shape index (κ1) is 17.9. The SMILES string of the molecule is Cc1ccc(S(=O)(=O)Nc2ccc(Nc3ccccc3F)nc2)cc1C. The van der Waals surface area contributed by atoms with Gasteiger partial charge in [-0.25, -0.2) is 17.8 Å². The summed E-state index contributed by atoms with van der Waals surface area (Å²) in [5, 5.41) is 2.84. The largest absolute Gasteiger partial charge is 0.338 e. The third-order valence-electron chi connectivity index (χ3n) is 3.94. The van der Waals surface area contributed by atoms with Crippen molar-refractivity contribution < 1.29 is 12.8 Å². The van der Waals surface area contributed by atoms with Crippen LogP contribution in [-0.4, -0.2) is 13.4 Å². The van der Waals surface area contributed by atoms with Crippen LogP contribution >= 0.6 is 0 Å². The zero-order valence-electron chi connectivity index (χ0n) is 14.3. The van der Waals surface area contributed by atoms with Crippen LogP contribution in [0, 0.1) is 19.7 Å². The summed E-state index contributed by atoms with van der Waals surface area (Å²) < 4.78 is 41.1. The lowest BCUT2D eigenvalue weighted by molar-refractivity contribution is 0.601. The first-order chi connectivity index (χ1) is 12.3. The van der Waals surface area contributed by atoms with E-state index in [0.717, 1.165) is 11.1 Å². The van der Waals surface area contributed by atoms with Crippen LogP contribution in [0.3, 0.4) is 0 Å². The van der Waals surface area contributed by atoms with Crippen molar-refractivity contribution in [2.45, 2.75) is 18.7 Å². The maximum atomic E-state index is 13.6. The van der Waals surface area contributed by atoms with Crippen LogP contribution in [0.15, 0.2) is 65.7 Å². The Morgan fingerprint density at radius 3 is 2.38 bits per heavy atom. The number of para-hydroxylation sites is 1. The zero-order chi connectivity index (χ0) is 18.7. The first-order valence-corrected chi connectivity index (χ1v) is 9.41. The molecule has 0 aliphatic carbocycles. The Balaban J connectivity index is 1.76. The number of anilines is 3. The summed E-state index contributed by atoms with van der Waals surface area (Å²) in [6.45, 7) is 3.78. The van der Waals surface area contributed by atoms with E-state index in [2.05, 4.69) is 15.0 Å². The number of halogens is 1. The van der Waals surface area contributed by atoms with Gasteiger partial charge in [0.25, 0.3) is 10.0 Å². The van der Waals surface area contributed by atoms with Crippen LogP contribution in [0.2, 0.25) is 0 Å². The lowest BCUT2D eigenvalue weighted by atomic mass is 10.1. The number of aryl methyl sites for hydroxylation is 2. The molecule has 1 heterocycles. The third-order valence-corrected chi connectivity index (χ3v) is 5.32. The molecule has 0 spiro atoms. The molecule has 134 valence electrons. The molecular weight excluding hydrogens is 353 g/mol. The van der Waals surface area contributed by atoms with Gasteiger partial charge in [0.05, 0.1) is 22.5 Å². The Hall–Kier alpha value is -2.93. The minimum absolute atomic E-state index is 0.189. The average Bonchev–Trinajstić information content (AvgIpc) is 2.60. The van der Waals surface area contributed by atoms with E-state index < -0.39 is 15.8 Å². The monoisotopic (exact) mass is 371 g/mol. The zero-order valence-corrected chi connectivity index (χ0v) is 15.1. The number of nitrogens with one attached hydrogen (secondary N) is 2. The van der Waals surface area contributed by atoms with Crippen LogP contribution in [-0.2, 0) is 10.0 Å². The molecule has 7 heteroatoms. The maximum absolute atomic E-state index is 13.6. The van der Waals surface area contributed by atoms with Gasteiger partial charge in [0, 0.05) is 0 Å². The highest BCUT2D eigenvalue weighted by Gasteiger charge is 2.15. The van der Waals surface area contributed by atoms with Gasteiger partial charge in [0.2, 0.25) is 0 Å². The lowest BCUT2D eigenvalue weighted by Crippen LogP contribution is -2.13. The molecule has 0 aliphatic heterocycles. The first-order valence-electron chi connectivity index (χ1n) is 7.93. The molecule has 0 bridgehead atoms. The molecule has 2 N–H and O–H groups in total. The minimum atomic E-state index is -3.70. The Bertz CT molecular complexity index is 1030. The Kier molecular flexibility index (Phi) is 4.90. The van der Waals surface area contributed by atoms with E-state index in [-0.39, 0.29) is 4.90 Å². The summed E-state index contributed by atoms with van der Waals surface area (Å²) in [6, 6.07) is 14.3. The third kappa shape index (κ3) is 4.00. The molecule has 2 aromatic carbocycles. The topological polar surface area (TPSA) is 71.1 Å². The van der Waals surface area contributed by atoms with E-state index in [9.17, 15) is 12.8 Å². The van der Waals surface area contributed by atoms with Gasteiger partial charge in [-0.15, -0.1) is 0 Å². The molecule has 0 atom stereocenters. The summed E-state index contributed by atoms with van der Waals surface area (Å²) in [6.07, 6.45) is 1.38. The highest BCUT2D eigenvalue weighted by atomic mass is 32.2. The quantitative estimate of drug-likeness (QED) is 0.698. The highest BCUT2D eigenvalue weighted by Crippen LogP contribution is 2.21. The van der Waals surface area contributed by atoms with Gasteiger partial charge in [0.15, 0.2) is 0 Å². The van der Waals surface area contributed by atoms with Crippen LogP contribution in [0.25, 0.3) is 0 Å². The van der Waals surface area contributed by atoms with E-state index in [1.54, 1.807) is 48.5 Å². The second-order valence-electron chi connectivity index (χ2n) is 5.89. The molecule has 5 nitrogen and oxygen atoms in total. The van der Waals surface area contributed by atoms with Gasteiger partial charge >= 0.3 is 0 Å². The molecule has 0 amide bonds. The molecule has 26 heavy (non-hydrogen) atoms. The van der Waals surface area contributed by atoms with Crippen LogP contribution < -0.4 is 10.0 Å². The molecule has 0 aliphatic rings. The summed E-state index contributed by atoms with van der Waals surface area (Å²) in [4.78, 5) is 4.31. The summed E-state index contributed by atoms with van der Waals surface area (Å²) in [7, 11) is -3.70. The number of benzene rings is 2. The normalized spacial score (nSPS) is 11.2. The highest BCUT2D eigenvalue weighted by molar-refractivity contribution is 7.92. The molecule has 0 saturated carbocycles. The Labute approximate surface area is 152 Å². The standard InChI is InChI=1S/C19H18FN3O2S/c1-13-7-9-16(11-14(13)2)26(24,25)23-15-8-10-19(21-12-15)22-18-6-4-3-5-17(18)20/h3-12,23H,1-2H3,(H,21,22). The molecular formula is C19H18FN3O2S. The number of sulfonamides is 1. The fourth-order valence-electron chi connectivity index (χ4n) is 2.32. The fraction of sp³-hybridized carbons (Fsp3) is 0.105. The molecule has 0 saturated heterocycles. The predicted molar refractivity (Wildman–Crippen MR) is 101 cm³/mol. The molecule has 0 unspecified atom stereocenters. The Morgan fingerprint density at radius 2 is 1.73 bits per heavy atom. The van der Waals surface area contributed by atoms with Crippen molar-refractivity contribution in [3.63, 3.8) is 0 Å². The lowest BCUT2D eigenvalue weighted by Gasteiger charge is -2.11. The van der Waals surface area contributed by atoms with Gasteiger partial charge in [0.1, 0.15) is 11.6 Å². The van der Waals surface area contributed by atoms with Crippen LogP contribution in [0.5, 0.6) is 0 Å². The van der Waals surface area contributed by atoms with Crippen molar-refractivity contribution in [3.05, 3.63) is 77.7 Å². The van der Waals surface area contributed by atoms with Crippen molar-refractivity contribution in [3.8, 4) is 0 Å². The van der Waals surface area contributed by atoms with Gasteiger partial charge in [-0.05, 0) is 61.4 Å². The van der Waals surface area contributed by atoms with Crippen molar-refractivity contribution in [1.29, 1.82) is 0 Å². The van der Waals surface area contributed by atoms with E-state index in [1.165, 1.54) is 12.3 Å². The maximum Gasteiger partial charge on any atom is 0.261 e. The Morgan fingerprint density at radius 1 is 0.962 bits per heavy atom. The second-order valence-corrected chi connectivity index (χ2v) is 7.57. The minimum Gasteiger partial charge on any atom is -0.338 e. The van der Waals surface area contributed by atoms with E-state index >= 15 is 0 Å². The van der Waals surface area contributed by atoms with E-state index in [0.29, 0.717) is 17.2 Å². The number of rotatable bonds is 5.